The summed E-state index contributed by atoms with van der Waals surface area (Å²) >= 11 is 0. The minimum Gasteiger partial charge on any atom is -0.468 e. The summed E-state index contributed by atoms with van der Waals surface area (Å²) < 4.78 is 10.2. The van der Waals surface area contributed by atoms with Gasteiger partial charge in [0.2, 0.25) is 0 Å². The van der Waals surface area contributed by atoms with E-state index in [2.05, 4.69) is 0 Å². The summed E-state index contributed by atoms with van der Waals surface area (Å²) in [6.07, 6.45) is -0.120. The number of carboxylic acid groups (broad SMARTS) is 1. The summed E-state index contributed by atoms with van der Waals surface area (Å²) in [7, 11) is 1.56. The van der Waals surface area contributed by atoms with Crippen LogP contribution in [0.2, 0.25) is 0 Å². The van der Waals surface area contributed by atoms with Crippen molar-refractivity contribution >= 4 is 6.09 Å². The van der Waals surface area contributed by atoms with E-state index < -0.39 is 6.09 Å². The molecular weight excluding hydrogens is 222 g/mol. The fraction of sp³-hybridized carbons (Fsp3) is 0.417. The van der Waals surface area contributed by atoms with Crippen molar-refractivity contribution in [2.24, 2.45) is 0 Å². The van der Waals surface area contributed by atoms with E-state index in [0.29, 0.717) is 18.8 Å². The Morgan fingerprint density at radius 3 is 3.00 bits per heavy atom. The van der Waals surface area contributed by atoms with Gasteiger partial charge in [0.05, 0.1) is 0 Å². The fourth-order valence-electron chi connectivity index (χ4n) is 1.91. The van der Waals surface area contributed by atoms with Crippen molar-refractivity contribution in [1.29, 1.82) is 0 Å². The van der Waals surface area contributed by atoms with Gasteiger partial charge in [-0.1, -0.05) is 6.07 Å². The van der Waals surface area contributed by atoms with Gasteiger partial charge in [-0.2, -0.15) is 0 Å². The van der Waals surface area contributed by atoms with Gasteiger partial charge in [-0.25, -0.2) is 4.79 Å². The number of hydrogen-bond acceptors (Lipinski definition) is 3. The molecule has 1 aromatic rings. The van der Waals surface area contributed by atoms with Crippen molar-refractivity contribution in [3.05, 3.63) is 29.3 Å². The third-order valence-electron chi connectivity index (χ3n) is 2.80. The summed E-state index contributed by atoms with van der Waals surface area (Å²) in [6.45, 7) is 1.18. The molecule has 5 heteroatoms. The molecule has 1 heterocycles. The molecule has 1 aromatic carbocycles. The van der Waals surface area contributed by atoms with E-state index in [1.54, 1.807) is 7.11 Å². The van der Waals surface area contributed by atoms with Crippen molar-refractivity contribution < 1.29 is 19.4 Å². The van der Waals surface area contributed by atoms with Gasteiger partial charge in [-0.15, -0.1) is 0 Å². The third-order valence-corrected chi connectivity index (χ3v) is 2.80. The molecule has 0 saturated carbocycles. The largest absolute Gasteiger partial charge is 0.468 e. The lowest BCUT2D eigenvalue weighted by molar-refractivity contribution is 0.0509. The number of rotatable bonds is 3. The van der Waals surface area contributed by atoms with Crippen LogP contribution in [-0.4, -0.2) is 36.5 Å². The molecule has 0 aromatic heterocycles. The van der Waals surface area contributed by atoms with Gasteiger partial charge < -0.3 is 19.5 Å². The Labute approximate surface area is 99.6 Å². The van der Waals surface area contributed by atoms with Crippen molar-refractivity contribution in [2.45, 2.75) is 13.0 Å². The van der Waals surface area contributed by atoms with Crippen LogP contribution in [0.5, 0.6) is 5.75 Å². The Morgan fingerprint density at radius 2 is 2.29 bits per heavy atom. The Kier molecular flexibility index (Phi) is 3.49. The van der Waals surface area contributed by atoms with Crippen molar-refractivity contribution in [1.82, 2.24) is 4.90 Å². The molecule has 1 amide bonds. The van der Waals surface area contributed by atoms with Crippen LogP contribution in [0.15, 0.2) is 18.2 Å². The number of ether oxygens (including phenoxy) is 2. The van der Waals surface area contributed by atoms with Crippen molar-refractivity contribution in [3.63, 3.8) is 0 Å². The highest BCUT2D eigenvalue weighted by Gasteiger charge is 2.20. The molecule has 1 aliphatic heterocycles. The molecule has 0 radical (unpaired) electrons. The predicted octanol–water partition coefficient (Wildman–Crippen LogP) is 1.71. The van der Waals surface area contributed by atoms with Crippen LogP contribution < -0.4 is 4.74 Å². The van der Waals surface area contributed by atoms with Gasteiger partial charge in [-0.05, 0) is 29.7 Å². The first-order valence-corrected chi connectivity index (χ1v) is 5.42. The highest BCUT2D eigenvalue weighted by Crippen LogP contribution is 2.23. The SMILES string of the molecule is COCOc1ccc2c(c1)CN(C(=O)O)CC2. The number of hydrogen-bond donors (Lipinski definition) is 1. The molecule has 0 spiro atoms. The lowest BCUT2D eigenvalue weighted by Crippen LogP contribution is -2.34. The molecule has 0 bridgehead atoms. The highest BCUT2D eigenvalue weighted by molar-refractivity contribution is 5.65. The van der Waals surface area contributed by atoms with Crippen LogP contribution in [-0.2, 0) is 17.7 Å². The maximum atomic E-state index is 10.9. The zero-order valence-corrected chi connectivity index (χ0v) is 9.68. The third kappa shape index (κ3) is 2.68. The van der Waals surface area contributed by atoms with E-state index in [-0.39, 0.29) is 6.79 Å². The van der Waals surface area contributed by atoms with E-state index >= 15 is 0 Å². The molecule has 1 N–H and O–H groups in total. The zero-order chi connectivity index (χ0) is 12.3. The molecule has 5 nitrogen and oxygen atoms in total. The molecule has 0 saturated heterocycles. The molecule has 17 heavy (non-hydrogen) atoms. The van der Waals surface area contributed by atoms with E-state index in [4.69, 9.17) is 14.6 Å². The Morgan fingerprint density at radius 1 is 1.47 bits per heavy atom. The average molecular weight is 237 g/mol. The number of carbonyl (C=O) groups is 1. The van der Waals surface area contributed by atoms with Gasteiger partial charge in [0.15, 0.2) is 6.79 Å². The first-order chi connectivity index (χ1) is 8.20. The monoisotopic (exact) mass is 237 g/mol. The molecule has 2 rings (SSSR count). The van der Waals surface area contributed by atoms with E-state index in [0.717, 1.165) is 12.0 Å². The van der Waals surface area contributed by atoms with Crippen molar-refractivity contribution in [2.75, 3.05) is 20.4 Å². The summed E-state index contributed by atoms with van der Waals surface area (Å²) in [5.74, 6) is 0.706. The zero-order valence-electron chi connectivity index (χ0n) is 9.68. The molecule has 0 unspecified atom stereocenters. The van der Waals surface area contributed by atoms with E-state index in [9.17, 15) is 4.79 Å². The Balaban J connectivity index is 2.14. The quantitative estimate of drug-likeness (QED) is 0.813. The fourth-order valence-corrected chi connectivity index (χ4v) is 1.91. The Hall–Kier alpha value is -1.75. The minimum absolute atomic E-state index is 0.196. The van der Waals surface area contributed by atoms with Crippen LogP contribution in [0, 0.1) is 0 Å². The van der Waals surface area contributed by atoms with Crippen LogP contribution >= 0.6 is 0 Å². The summed E-state index contributed by atoms with van der Waals surface area (Å²) in [5, 5.41) is 8.95. The molecule has 1 aliphatic rings. The Bertz CT molecular complexity index is 419. The topological polar surface area (TPSA) is 59.0 Å². The van der Waals surface area contributed by atoms with Gasteiger partial charge >= 0.3 is 6.09 Å². The predicted molar refractivity (Wildman–Crippen MR) is 61.1 cm³/mol. The lowest BCUT2D eigenvalue weighted by Gasteiger charge is -2.26. The molecule has 0 atom stereocenters. The van der Waals surface area contributed by atoms with Crippen LogP contribution in [0.1, 0.15) is 11.1 Å². The average Bonchev–Trinajstić information content (AvgIpc) is 2.35. The number of amides is 1. The number of benzene rings is 1. The normalized spacial score (nSPS) is 14.3. The van der Waals surface area contributed by atoms with Crippen molar-refractivity contribution in [3.8, 4) is 5.75 Å². The first kappa shape index (κ1) is 11.7. The van der Waals surface area contributed by atoms with E-state index in [1.165, 1.54) is 10.5 Å². The van der Waals surface area contributed by atoms with Gasteiger partial charge in [0.25, 0.3) is 0 Å². The van der Waals surface area contributed by atoms with Gasteiger partial charge in [0.1, 0.15) is 5.75 Å². The first-order valence-electron chi connectivity index (χ1n) is 5.42. The second kappa shape index (κ2) is 5.05. The molecule has 0 aliphatic carbocycles. The lowest BCUT2D eigenvalue weighted by atomic mass is 10.00. The number of methoxy groups -OCH3 is 1. The summed E-state index contributed by atoms with van der Waals surface area (Å²) in [6, 6.07) is 5.75. The van der Waals surface area contributed by atoms with Gasteiger partial charge in [0, 0.05) is 20.2 Å². The number of nitrogens with zero attached hydrogens (tertiary/aromatic N) is 1. The number of fused-ring (bicyclic) bond motifs is 1. The summed E-state index contributed by atoms with van der Waals surface area (Å²) in [5.41, 5.74) is 2.19. The van der Waals surface area contributed by atoms with Crippen LogP contribution in [0.4, 0.5) is 4.79 Å². The molecular formula is C12H15NO4. The smallest absolute Gasteiger partial charge is 0.407 e. The van der Waals surface area contributed by atoms with Crippen LogP contribution in [0.3, 0.4) is 0 Å². The van der Waals surface area contributed by atoms with E-state index in [1.807, 2.05) is 18.2 Å². The highest BCUT2D eigenvalue weighted by atomic mass is 16.7. The second-order valence-corrected chi connectivity index (χ2v) is 3.94. The van der Waals surface area contributed by atoms with Gasteiger partial charge in [-0.3, -0.25) is 0 Å². The summed E-state index contributed by atoms with van der Waals surface area (Å²) in [4.78, 5) is 12.3. The molecule has 92 valence electrons. The standard InChI is InChI=1S/C12H15NO4/c1-16-8-17-11-3-2-9-4-5-13(12(14)15)7-10(9)6-11/h2-3,6H,4-5,7-8H2,1H3,(H,14,15). The molecule has 0 fully saturated rings. The minimum atomic E-state index is -0.876. The second-order valence-electron chi connectivity index (χ2n) is 3.94. The maximum Gasteiger partial charge on any atom is 0.407 e. The van der Waals surface area contributed by atoms with Crippen LogP contribution in [0.25, 0.3) is 0 Å². The maximum absolute atomic E-state index is 10.9.